The van der Waals surface area contributed by atoms with Crippen LogP contribution in [0.4, 0.5) is 0 Å². The highest BCUT2D eigenvalue weighted by Gasteiger charge is 2.24. The van der Waals surface area contributed by atoms with Crippen LogP contribution >= 0.6 is 0 Å². The summed E-state index contributed by atoms with van der Waals surface area (Å²) in [6, 6.07) is 9.82. The van der Waals surface area contributed by atoms with Crippen molar-refractivity contribution >= 4 is 5.91 Å². The molecule has 0 aromatic heterocycles. The molecule has 0 spiro atoms. The standard InChI is InChI=1S/C16H27N3O/c1-4-10-19(12-11-18(2)3)16(20)15(13-17)14-8-6-5-7-9-14/h5-9,15H,4,10-13,17H2,1-3H3. The van der Waals surface area contributed by atoms with Crippen molar-refractivity contribution < 1.29 is 4.79 Å². The molecule has 20 heavy (non-hydrogen) atoms. The molecule has 0 aliphatic rings. The van der Waals surface area contributed by atoms with Crippen LogP contribution in [0.5, 0.6) is 0 Å². The number of amides is 1. The van der Waals surface area contributed by atoms with E-state index in [9.17, 15) is 4.79 Å². The van der Waals surface area contributed by atoms with Crippen LogP contribution in [0.3, 0.4) is 0 Å². The van der Waals surface area contributed by atoms with Gasteiger partial charge in [0.25, 0.3) is 0 Å². The molecule has 4 heteroatoms. The van der Waals surface area contributed by atoms with E-state index < -0.39 is 0 Å². The summed E-state index contributed by atoms with van der Waals surface area (Å²) in [5, 5.41) is 0. The maximum absolute atomic E-state index is 12.7. The lowest BCUT2D eigenvalue weighted by Crippen LogP contribution is -2.41. The van der Waals surface area contributed by atoms with E-state index in [0.717, 1.165) is 31.6 Å². The largest absolute Gasteiger partial charge is 0.341 e. The summed E-state index contributed by atoms with van der Waals surface area (Å²) >= 11 is 0. The molecule has 0 bridgehead atoms. The Morgan fingerprint density at radius 3 is 2.30 bits per heavy atom. The lowest BCUT2D eigenvalue weighted by Gasteiger charge is -2.28. The number of benzene rings is 1. The van der Waals surface area contributed by atoms with Crippen molar-refractivity contribution in [2.45, 2.75) is 19.3 Å². The second-order valence-electron chi connectivity index (χ2n) is 5.33. The Morgan fingerprint density at radius 2 is 1.80 bits per heavy atom. The molecule has 1 atom stereocenters. The zero-order valence-electron chi connectivity index (χ0n) is 12.9. The van der Waals surface area contributed by atoms with Crippen LogP contribution in [0.2, 0.25) is 0 Å². The molecule has 4 nitrogen and oxygen atoms in total. The SMILES string of the molecule is CCCN(CCN(C)C)C(=O)C(CN)c1ccccc1. The molecule has 1 unspecified atom stereocenters. The number of hydrogen-bond acceptors (Lipinski definition) is 3. The average Bonchev–Trinajstić information content (AvgIpc) is 2.45. The Kier molecular flexibility index (Phi) is 7.26. The van der Waals surface area contributed by atoms with Crippen molar-refractivity contribution in [1.82, 2.24) is 9.80 Å². The molecule has 0 saturated carbocycles. The van der Waals surface area contributed by atoms with Crippen LogP contribution < -0.4 is 5.73 Å². The van der Waals surface area contributed by atoms with E-state index in [2.05, 4.69) is 11.8 Å². The summed E-state index contributed by atoms with van der Waals surface area (Å²) in [7, 11) is 4.04. The van der Waals surface area contributed by atoms with E-state index in [1.807, 2.05) is 49.3 Å². The maximum atomic E-state index is 12.7. The normalized spacial score (nSPS) is 12.4. The molecule has 0 heterocycles. The van der Waals surface area contributed by atoms with Crippen molar-refractivity contribution in [3.05, 3.63) is 35.9 Å². The van der Waals surface area contributed by atoms with E-state index in [1.165, 1.54) is 0 Å². The van der Waals surface area contributed by atoms with Crippen LogP contribution in [-0.4, -0.2) is 56.0 Å². The summed E-state index contributed by atoms with van der Waals surface area (Å²) < 4.78 is 0. The first kappa shape index (κ1) is 16.7. The predicted octanol–water partition coefficient (Wildman–Crippen LogP) is 1.53. The smallest absolute Gasteiger partial charge is 0.231 e. The fraction of sp³-hybridized carbons (Fsp3) is 0.562. The van der Waals surface area contributed by atoms with Crippen molar-refractivity contribution in [3.8, 4) is 0 Å². The van der Waals surface area contributed by atoms with Gasteiger partial charge in [-0.3, -0.25) is 4.79 Å². The highest BCUT2D eigenvalue weighted by Crippen LogP contribution is 2.17. The van der Waals surface area contributed by atoms with Gasteiger partial charge in [-0.2, -0.15) is 0 Å². The van der Waals surface area contributed by atoms with Crippen LogP contribution in [-0.2, 0) is 4.79 Å². The summed E-state index contributed by atoms with van der Waals surface area (Å²) in [5.41, 5.74) is 6.84. The summed E-state index contributed by atoms with van der Waals surface area (Å²) in [4.78, 5) is 16.7. The Hall–Kier alpha value is -1.39. The second-order valence-corrected chi connectivity index (χ2v) is 5.33. The van der Waals surface area contributed by atoms with Gasteiger partial charge >= 0.3 is 0 Å². The average molecular weight is 277 g/mol. The number of hydrogen-bond donors (Lipinski definition) is 1. The minimum Gasteiger partial charge on any atom is -0.341 e. The van der Waals surface area contributed by atoms with Gasteiger partial charge in [0, 0.05) is 26.2 Å². The third-order valence-electron chi connectivity index (χ3n) is 3.36. The molecule has 1 aromatic carbocycles. The highest BCUT2D eigenvalue weighted by atomic mass is 16.2. The minimum atomic E-state index is -0.232. The zero-order valence-corrected chi connectivity index (χ0v) is 12.9. The molecule has 0 fully saturated rings. The van der Waals surface area contributed by atoms with Gasteiger partial charge in [0.1, 0.15) is 0 Å². The Morgan fingerprint density at radius 1 is 1.15 bits per heavy atom. The number of nitrogens with zero attached hydrogens (tertiary/aromatic N) is 2. The van der Waals surface area contributed by atoms with E-state index in [4.69, 9.17) is 5.73 Å². The number of carbonyl (C=O) groups excluding carboxylic acids is 1. The number of carbonyl (C=O) groups is 1. The number of likely N-dealkylation sites (N-methyl/N-ethyl adjacent to an activating group) is 1. The van der Waals surface area contributed by atoms with E-state index >= 15 is 0 Å². The van der Waals surface area contributed by atoms with Crippen LogP contribution in [0.1, 0.15) is 24.8 Å². The topological polar surface area (TPSA) is 49.6 Å². The Balaban J connectivity index is 2.80. The first-order valence-electron chi connectivity index (χ1n) is 7.28. The molecule has 0 aliphatic heterocycles. The van der Waals surface area contributed by atoms with Gasteiger partial charge in [-0.05, 0) is 26.1 Å². The molecule has 1 amide bonds. The van der Waals surface area contributed by atoms with E-state index in [0.29, 0.717) is 6.54 Å². The third kappa shape index (κ3) is 4.94. The molecular weight excluding hydrogens is 250 g/mol. The first-order chi connectivity index (χ1) is 9.60. The number of nitrogens with two attached hydrogens (primary N) is 1. The van der Waals surface area contributed by atoms with Gasteiger partial charge in [0.05, 0.1) is 5.92 Å². The molecular formula is C16H27N3O. The van der Waals surface area contributed by atoms with Crippen molar-refractivity contribution in [2.75, 3.05) is 40.3 Å². The quantitative estimate of drug-likeness (QED) is 0.784. The third-order valence-corrected chi connectivity index (χ3v) is 3.36. The van der Waals surface area contributed by atoms with Crippen molar-refractivity contribution in [1.29, 1.82) is 0 Å². The summed E-state index contributed by atoms with van der Waals surface area (Å²) in [6.45, 7) is 4.86. The van der Waals surface area contributed by atoms with Gasteiger partial charge in [-0.25, -0.2) is 0 Å². The van der Waals surface area contributed by atoms with Crippen molar-refractivity contribution in [3.63, 3.8) is 0 Å². The zero-order chi connectivity index (χ0) is 15.0. The lowest BCUT2D eigenvalue weighted by molar-refractivity contribution is -0.132. The van der Waals surface area contributed by atoms with Gasteiger partial charge in [0.2, 0.25) is 5.91 Å². The van der Waals surface area contributed by atoms with Gasteiger partial charge < -0.3 is 15.5 Å². The lowest BCUT2D eigenvalue weighted by atomic mass is 9.97. The number of rotatable bonds is 8. The second kappa shape index (κ2) is 8.72. The van der Waals surface area contributed by atoms with Gasteiger partial charge in [-0.15, -0.1) is 0 Å². The molecule has 0 radical (unpaired) electrons. The van der Waals surface area contributed by atoms with E-state index in [-0.39, 0.29) is 11.8 Å². The fourth-order valence-corrected chi connectivity index (χ4v) is 2.21. The Labute approximate surface area is 122 Å². The van der Waals surface area contributed by atoms with Crippen molar-refractivity contribution in [2.24, 2.45) is 5.73 Å². The molecule has 0 aliphatic carbocycles. The Bertz CT molecular complexity index is 392. The monoisotopic (exact) mass is 277 g/mol. The predicted molar refractivity (Wildman–Crippen MR) is 83.7 cm³/mol. The molecule has 112 valence electrons. The van der Waals surface area contributed by atoms with Crippen LogP contribution in [0.25, 0.3) is 0 Å². The molecule has 2 N–H and O–H groups in total. The molecule has 1 rings (SSSR count). The summed E-state index contributed by atoms with van der Waals surface area (Å²) in [5.74, 6) is -0.0905. The van der Waals surface area contributed by atoms with Crippen LogP contribution in [0.15, 0.2) is 30.3 Å². The summed E-state index contributed by atoms with van der Waals surface area (Å²) in [6.07, 6.45) is 0.964. The van der Waals surface area contributed by atoms with Crippen LogP contribution in [0, 0.1) is 0 Å². The maximum Gasteiger partial charge on any atom is 0.231 e. The van der Waals surface area contributed by atoms with Gasteiger partial charge in [-0.1, -0.05) is 37.3 Å². The van der Waals surface area contributed by atoms with Gasteiger partial charge in [0.15, 0.2) is 0 Å². The molecule has 1 aromatic rings. The fourth-order valence-electron chi connectivity index (χ4n) is 2.21. The molecule has 0 saturated heterocycles. The van der Waals surface area contributed by atoms with E-state index in [1.54, 1.807) is 0 Å². The minimum absolute atomic E-state index is 0.141. The first-order valence-corrected chi connectivity index (χ1v) is 7.28. The highest BCUT2D eigenvalue weighted by molar-refractivity contribution is 5.84.